The standard InChI is InChI=1S/C14H16N2O8S2/c17-13-11(14(18)16-6-2-1-5-15(13)16)7-9-3-4-10(25(19,20)21)8-12(9)26(22,23)24/h3-4,8,11H,1-2,5-7H2,(H,19,20,21)(H,22,23,24). The number of benzene rings is 1. The molecule has 0 atom stereocenters. The van der Waals surface area contributed by atoms with Gasteiger partial charge in [0, 0.05) is 13.1 Å². The summed E-state index contributed by atoms with van der Waals surface area (Å²) in [5.41, 5.74) is -0.0901. The van der Waals surface area contributed by atoms with Crippen molar-refractivity contribution in [2.24, 2.45) is 5.92 Å². The number of fused-ring (bicyclic) bond motifs is 1. The Balaban J connectivity index is 2.00. The van der Waals surface area contributed by atoms with Crippen LogP contribution in [0.2, 0.25) is 0 Å². The molecule has 2 aliphatic heterocycles. The second-order valence-corrected chi connectivity index (χ2v) is 8.92. The molecule has 2 saturated heterocycles. The van der Waals surface area contributed by atoms with Gasteiger partial charge in [-0.1, -0.05) is 6.07 Å². The lowest BCUT2D eigenvalue weighted by Gasteiger charge is -2.31. The van der Waals surface area contributed by atoms with Crippen molar-refractivity contribution in [3.05, 3.63) is 23.8 Å². The summed E-state index contributed by atoms with van der Waals surface area (Å²) < 4.78 is 64.0. The molecule has 2 fully saturated rings. The van der Waals surface area contributed by atoms with E-state index in [1.165, 1.54) is 10.0 Å². The van der Waals surface area contributed by atoms with Crippen LogP contribution in [0.4, 0.5) is 0 Å². The van der Waals surface area contributed by atoms with Crippen LogP contribution in [0, 0.1) is 5.92 Å². The van der Waals surface area contributed by atoms with Gasteiger partial charge in [0.1, 0.15) is 5.92 Å². The summed E-state index contributed by atoms with van der Waals surface area (Å²) in [7, 11) is -9.54. The third kappa shape index (κ3) is 3.32. The summed E-state index contributed by atoms with van der Waals surface area (Å²) in [4.78, 5) is 23.4. The number of carbonyl (C=O) groups excluding carboxylic acids is 2. The van der Waals surface area contributed by atoms with Gasteiger partial charge in [-0.25, -0.2) is 0 Å². The highest BCUT2D eigenvalue weighted by Crippen LogP contribution is 2.30. The molecule has 26 heavy (non-hydrogen) atoms. The van der Waals surface area contributed by atoms with E-state index in [9.17, 15) is 31.0 Å². The molecule has 2 amide bonds. The Bertz CT molecular complexity index is 962. The zero-order valence-electron chi connectivity index (χ0n) is 13.4. The highest BCUT2D eigenvalue weighted by atomic mass is 32.2. The van der Waals surface area contributed by atoms with E-state index in [-0.39, 0.29) is 12.0 Å². The van der Waals surface area contributed by atoms with Gasteiger partial charge in [0.25, 0.3) is 32.1 Å². The molecule has 142 valence electrons. The van der Waals surface area contributed by atoms with E-state index >= 15 is 0 Å². The number of hydrogen-bond donors (Lipinski definition) is 2. The lowest BCUT2D eigenvalue weighted by Crippen LogP contribution is -2.45. The molecule has 0 aliphatic carbocycles. The van der Waals surface area contributed by atoms with Crippen LogP contribution in [-0.2, 0) is 36.2 Å². The monoisotopic (exact) mass is 404 g/mol. The van der Waals surface area contributed by atoms with Crippen LogP contribution in [-0.4, -0.2) is 60.9 Å². The summed E-state index contributed by atoms with van der Waals surface area (Å²) in [6.07, 6.45) is 1.19. The van der Waals surface area contributed by atoms with Crippen molar-refractivity contribution in [1.82, 2.24) is 10.0 Å². The van der Waals surface area contributed by atoms with Gasteiger partial charge in [-0.15, -0.1) is 0 Å². The fourth-order valence-electron chi connectivity index (χ4n) is 3.19. The van der Waals surface area contributed by atoms with Crippen LogP contribution in [0.25, 0.3) is 0 Å². The van der Waals surface area contributed by atoms with Crippen LogP contribution in [0.1, 0.15) is 18.4 Å². The minimum Gasteiger partial charge on any atom is -0.282 e. The Morgan fingerprint density at radius 3 is 1.92 bits per heavy atom. The fourth-order valence-corrected chi connectivity index (χ4v) is 4.53. The lowest BCUT2D eigenvalue weighted by molar-refractivity contribution is -0.150. The Labute approximate surface area is 149 Å². The van der Waals surface area contributed by atoms with Crippen LogP contribution in [0.3, 0.4) is 0 Å². The first-order chi connectivity index (χ1) is 12.0. The van der Waals surface area contributed by atoms with Crippen molar-refractivity contribution in [2.75, 3.05) is 13.1 Å². The highest BCUT2D eigenvalue weighted by molar-refractivity contribution is 7.86. The quantitative estimate of drug-likeness (QED) is 0.514. The molecular weight excluding hydrogens is 388 g/mol. The van der Waals surface area contributed by atoms with Gasteiger partial charge in [0.2, 0.25) is 0 Å². The van der Waals surface area contributed by atoms with Crippen LogP contribution in [0.5, 0.6) is 0 Å². The molecule has 0 unspecified atom stereocenters. The molecule has 1 aromatic carbocycles. The van der Waals surface area contributed by atoms with E-state index in [1.807, 2.05) is 0 Å². The minimum atomic E-state index is -4.84. The Kier molecular flexibility index (Phi) is 4.55. The van der Waals surface area contributed by atoms with E-state index in [2.05, 4.69) is 0 Å². The molecule has 0 radical (unpaired) electrons. The molecule has 2 aliphatic rings. The largest absolute Gasteiger partial charge is 0.294 e. The molecule has 10 nitrogen and oxygen atoms in total. The Morgan fingerprint density at radius 2 is 1.46 bits per heavy atom. The number of hydrazine groups is 1. The number of carbonyl (C=O) groups is 2. The topological polar surface area (TPSA) is 149 Å². The first-order valence-corrected chi connectivity index (χ1v) is 10.6. The van der Waals surface area contributed by atoms with E-state index in [0.29, 0.717) is 19.2 Å². The molecule has 0 bridgehead atoms. The van der Waals surface area contributed by atoms with Gasteiger partial charge in [0.05, 0.1) is 9.79 Å². The Hall–Kier alpha value is -2.02. The summed E-state index contributed by atoms with van der Waals surface area (Å²) in [6.45, 7) is 0.793. The number of rotatable bonds is 4. The van der Waals surface area contributed by atoms with Gasteiger partial charge in [0.15, 0.2) is 0 Å². The lowest BCUT2D eigenvalue weighted by atomic mass is 9.98. The van der Waals surface area contributed by atoms with Crippen molar-refractivity contribution < 1.29 is 35.5 Å². The number of nitrogens with zero attached hydrogens (tertiary/aromatic N) is 2. The molecular formula is C14H16N2O8S2. The predicted molar refractivity (Wildman–Crippen MR) is 85.9 cm³/mol. The van der Waals surface area contributed by atoms with E-state index in [1.54, 1.807) is 0 Å². The Morgan fingerprint density at radius 1 is 0.923 bits per heavy atom. The first-order valence-electron chi connectivity index (χ1n) is 7.71. The van der Waals surface area contributed by atoms with Gasteiger partial charge in [-0.3, -0.25) is 28.7 Å². The smallest absolute Gasteiger partial charge is 0.282 e. The number of hydrogen-bond acceptors (Lipinski definition) is 6. The summed E-state index contributed by atoms with van der Waals surface area (Å²) in [5.74, 6) is -2.07. The zero-order valence-corrected chi connectivity index (χ0v) is 15.0. The normalized spacial score (nSPS) is 19.2. The van der Waals surface area contributed by atoms with E-state index in [0.717, 1.165) is 25.0 Å². The maximum Gasteiger partial charge on any atom is 0.294 e. The number of amides is 2. The average molecular weight is 404 g/mol. The molecule has 12 heteroatoms. The summed E-state index contributed by atoms with van der Waals surface area (Å²) in [5, 5.41) is 2.66. The zero-order chi connectivity index (χ0) is 19.3. The van der Waals surface area contributed by atoms with Crippen molar-refractivity contribution >= 4 is 32.1 Å². The van der Waals surface area contributed by atoms with Crippen LogP contribution < -0.4 is 0 Å². The minimum absolute atomic E-state index is 0.0901. The third-order valence-corrected chi connectivity index (χ3v) is 6.21. The van der Waals surface area contributed by atoms with Gasteiger partial charge in [-0.05, 0) is 37.0 Å². The van der Waals surface area contributed by atoms with Crippen molar-refractivity contribution in [3.8, 4) is 0 Å². The van der Waals surface area contributed by atoms with Crippen LogP contribution >= 0.6 is 0 Å². The molecule has 1 aromatic rings. The van der Waals surface area contributed by atoms with Gasteiger partial charge in [-0.2, -0.15) is 16.8 Å². The van der Waals surface area contributed by atoms with Crippen molar-refractivity contribution in [2.45, 2.75) is 29.1 Å². The summed E-state index contributed by atoms with van der Waals surface area (Å²) in [6, 6.07) is 2.59. The third-order valence-electron chi connectivity index (χ3n) is 4.42. The second kappa shape index (κ2) is 6.30. The molecule has 0 aromatic heterocycles. The van der Waals surface area contributed by atoms with Crippen LogP contribution in [0.15, 0.2) is 28.0 Å². The molecule has 3 rings (SSSR count). The molecule has 2 heterocycles. The molecule has 0 spiro atoms. The van der Waals surface area contributed by atoms with Crippen molar-refractivity contribution in [3.63, 3.8) is 0 Å². The average Bonchev–Trinajstić information content (AvgIpc) is 2.79. The maximum atomic E-state index is 12.5. The second-order valence-electron chi connectivity index (χ2n) is 6.11. The van der Waals surface area contributed by atoms with E-state index < -0.39 is 47.8 Å². The predicted octanol–water partition coefficient (Wildman–Crippen LogP) is -0.282. The first kappa shape index (κ1) is 18.8. The SMILES string of the molecule is O=C1C(Cc2ccc(S(=O)(=O)O)cc2S(=O)(=O)O)C(=O)N2CCCCN12. The van der Waals surface area contributed by atoms with Crippen molar-refractivity contribution in [1.29, 1.82) is 0 Å². The molecule has 2 N–H and O–H groups in total. The maximum absolute atomic E-state index is 12.5. The fraction of sp³-hybridized carbons (Fsp3) is 0.429. The van der Waals surface area contributed by atoms with E-state index in [4.69, 9.17) is 4.55 Å². The highest BCUT2D eigenvalue weighted by Gasteiger charge is 2.46. The molecule has 0 saturated carbocycles. The van der Waals surface area contributed by atoms with Gasteiger partial charge < -0.3 is 0 Å². The summed E-state index contributed by atoms with van der Waals surface area (Å²) >= 11 is 0. The van der Waals surface area contributed by atoms with Gasteiger partial charge >= 0.3 is 0 Å².